The molecule has 0 rings (SSSR count). The first-order valence-corrected chi connectivity index (χ1v) is 25.7. The molecule has 0 aliphatic rings. The lowest BCUT2D eigenvalue weighted by Gasteiger charge is -2.20. The Morgan fingerprint density at radius 1 is 0.597 bits per heavy atom. The molecule has 0 aliphatic heterocycles. The summed E-state index contributed by atoms with van der Waals surface area (Å²) >= 11 is 0. The van der Waals surface area contributed by atoms with Crippen LogP contribution in [0, 0.1) is 5.92 Å². The van der Waals surface area contributed by atoms with E-state index in [-0.39, 0.29) is 19.4 Å². The number of aliphatic hydroxyl groups excluding tert-OH is 3. The average Bonchev–Trinajstić information content (AvgIpc) is 3.24. The number of aliphatic hydroxyl groups is 3. The monoisotopic (exact) mass is 897 g/mol. The van der Waals surface area contributed by atoms with Gasteiger partial charge in [-0.2, -0.15) is 0 Å². The maximum absolute atomic E-state index is 12.7. The molecule has 0 fully saturated rings. The van der Waals surface area contributed by atoms with Crippen LogP contribution in [0.1, 0.15) is 194 Å². The number of esters is 2. The van der Waals surface area contributed by atoms with E-state index in [0.29, 0.717) is 32.1 Å². The molecule has 0 heterocycles. The van der Waals surface area contributed by atoms with Crippen LogP contribution < -0.4 is 0 Å². The molecule has 11 nitrogen and oxygen atoms in total. The molecule has 62 heavy (non-hydrogen) atoms. The van der Waals surface area contributed by atoms with Gasteiger partial charge < -0.3 is 29.7 Å². The second kappa shape index (κ2) is 43.9. The minimum atomic E-state index is -4.65. The Bertz CT molecular complexity index is 1250. The van der Waals surface area contributed by atoms with Crippen LogP contribution in [-0.2, 0) is 32.7 Å². The Morgan fingerprint density at radius 2 is 1.11 bits per heavy atom. The smallest absolute Gasteiger partial charge is 0.462 e. The SMILES string of the molecule is CC/C=C\C/C=C\CC(O)/C=C/C=C\C/C=C\CCCC(=O)OC[C@H](COP(=O)(O)OC[C@@H](O)CO)OC(=O)CCCCCCCCCCCCCCCCCCCCC(C)C. The molecule has 0 bridgehead atoms. The van der Waals surface area contributed by atoms with Gasteiger partial charge in [0.2, 0.25) is 0 Å². The molecule has 0 radical (unpaired) electrons. The highest BCUT2D eigenvalue weighted by Crippen LogP contribution is 2.43. The second-order valence-electron chi connectivity index (χ2n) is 16.8. The van der Waals surface area contributed by atoms with Crippen LogP contribution in [0.3, 0.4) is 0 Å². The van der Waals surface area contributed by atoms with Crippen molar-refractivity contribution in [3.8, 4) is 0 Å². The number of phosphoric ester groups is 1. The van der Waals surface area contributed by atoms with E-state index >= 15 is 0 Å². The van der Waals surface area contributed by atoms with Crippen molar-refractivity contribution in [2.45, 2.75) is 212 Å². The molecule has 0 spiro atoms. The maximum Gasteiger partial charge on any atom is 0.472 e. The normalized spacial score (nSPS) is 14.8. The van der Waals surface area contributed by atoms with Crippen molar-refractivity contribution in [3.63, 3.8) is 0 Å². The third-order valence-electron chi connectivity index (χ3n) is 10.2. The molecule has 360 valence electrons. The van der Waals surface area contributed by atoms with Crippen molar-refractivity contribution in [1.82, 2.24) is 0 Å². The average molecular weight is 897 g/mol. The standard InChI is InChI=1S/C50H89O11P/c1-4-5-6-7-27-32-37-46(52)38-33-28-23-20-21-24-29-34-39-49(54)58-43-48(44-60-62(56,57)59-42-47(53)41-51)61-50(55)40-35-30-25-19-17-15-13-11-9-8-10-12-14-16-18-22-26-31-36-45(2)3/h5-6,21,23-24,27-28,32-33,38,45-48,51-53H,4,7-20,22,25-26,29-31,34-37,39-44H2,1-3H3,(H,56,57)/b6-5-,24-21-,28-23-,32-27-,38-33+/t46?,47-,48+/m0/s1. The highest BCUT2D eigenvalue weighted by molar-refractivity contribution is 7.47. The summed E-state index contributed by atoms with van der Waals surface area (Å²) in [6, 6.07) is 0. The Hall–Kier alpha value is -2.37. The maximum atomic E-state index is 12.7. The van der Waals surface area contributed by atoms with E-state index in [1.165, 1.54) is 96.3 Å². The molecule has 4 N–H and O–H groups in total. The van der Waals surface area contributed by atoms with Gasteiger partial charge in [0, 0.05) is 12.8 Å². The van der Waals surface area contributed by atoms with Gasteiger partial charge in [-0.3, -0.25) is 18.6 Å². The summed E-state index contributed by atoms with van der Waals surface area (Å²) in [5, 5.41) is 28.4. The van der Waals surface area contributed by atoms with Gasteiger partial charge in [0.15, 0.2) is 6.10 Å². The topological polar surface area (TPSA) is 169 Å². The van der Waals surface area contributed by atoms with Gasteiger partial charge >= 0.3 is 19.8 Å². The summed E-state index contributed by atoms with van der Waals surface area (Å²) in [6.45, 7) is 4.48. The van der Waals surface area contributed by atoms with Gasteiger partial charge in [0.25, 0.3) is 0 Å². The summed E-state index contributed by atoms with van der Waals surface area (Å²) in [4.78, 5) is 35.1. The third-order valence-corrected chi connectivity index (χ3v) is 11.1. The summed E-state index contributed by atoms with van der Waals surface area (Å²) in [5.41, 5.74) is 0. The van der Waals surface area contributed by atoms with Gasteiger partial charge in [0.05, 0.1) is 25.9 Å². The minimum absolute atomic E-state index is 0.130. The van der Waals surface area contributed by atoms with Gasteiger partial charge in [-0.05, 0) is 50.9 Å². The summed E-state index contributed by atoms with van der Waals surface area (Å²) in [5.74, 6) is -0.193. The van der Waals surface area contributed by atoms with Crippen molar-refractivity contribution in [3.05, 3.63) is 60.8 Å². The van der Waals surface area contributed by atoms with E-state index < -0.39 is 57.9 Å². The zero-order valence-corrected chi connectivity index (χ0v) is 40.0. The third kappa shape index (κ3) is 44.2. The number of unbranched alkanes of at least 4 members (excludes halogenated alkanes) is 18. The van der Waals surface area contributed by atoms with E-state index in [2.05, 4.69) is 37.4 Å². The van der Waals surface area contributed by atoms with Crippen molar-refractivity contribution in [1.29, 1.82) is 0 Å². The lowest BCUT2D eigenvalue weighted by molar-refractivity contribution is -0.161. The molecule has 0 aromatic rings. The van der Waals surface area contributed by atoms with Crippen molar-refractivity contribution < 1.29 is 52.9 Å². The predicted molar refractivity (Wildman–Crippen MR) is 253 cm³/mol. The largest absolute Gasteiger partial charge is 0.472 e. The lowest BCUT2D eigenvalue weighted by Crippen LogP contribution is -2.29. The highest BCUT2D eigenvalue weighted by atomic mass is 31.2. The fraction of sp³-hybridized carbons (Fsp3) is 0.760. The quantitative estimate of drug-likeness (QED) is 0.0151. The number of allylic oxidation sites excluding steroid dienone is 8. The number of rotatable bonds is 44. The Kier molecular flexibility index (Phi) is 42.2. The fourth-order valence-electron chi connectivity index (χ4n) is 6.48. The molecule has 12 heteroatoms. The number of hydrogen-bond donors (Lipinski definition) is 4. The van der Waals surface area contributed by atoms with Crippen LogP contribution in [0.5, 0.6) is 0 Å². The Morgan fingerprint density at radius 3 is 1.69 bits per heavy atom. The molecule has 0 amide bonds. The van der Waals surface area contributed by atoms with Gasteiger partial charge in [-0.1, -0.05) is 197 Å². The van der Waals surface area contributed by atoms with E-state index in [9.17, 15) is 29.3 Å². The van der Waals surface area contributed by atoms with Gasteiger partial charge in [0.1, 0.15) is 12.7 Å². The van der Waals surface area contributed by atoms with Gasteiger partial charge in [-0.25, -0.2) is 4.57 Å². The van der Waals surface area contributed by atoms with Gasteiger partial charge in [-0.15, -0.1) is 0 Å². The first-order valence-electron chi connectivity index (χ1n) is 24.2. The van der Waals surface area contributed by atoms with Crippen LogP contribution in [-0.4, -0.2) is 76.9 Å². The van der Waals surface area contributed by atoms with Crippen LogP contribution in [0.4, 0.5) is 0 Å². The summed E-state index contributed by atoms with van der Waals surface area (Å²) in [7, 11) is -4.65. The fourth-order valence-corrected chi connectivity index (χ4v) is 7.26. The summed E-state index contributed by atoms with van der Waals surface area (Å²) in [6.07, 6.45) is 45.1. The molecule has 0 saturated carbocycles. The zero-order valence-electron chi connectivity index (χ0n) is 39.1. The molecular weight excluding hydrogens is 808 g/mol. The lowest BCUT2D eigenvalue weighted by atomic mass is 10.0. The predicted octanol–water partition coefficient (Wildman–Crippen LogP) is 12.3. The zero-order chi connectivity index (χ0) is 45.8. The first-order chi connectivity index (χ1) is 30.0. The second-order valence-corrected chi connectivity index (χ2v) is 18.2. The first kappa shape index (κ1) is 59.6. The number of carbonyl (C=O) groups excluding carboxylic acids is 2. The van der Waals surface area contributed by atoms with Crippen LogP contribution in [0.2, 0.25) is 0 Å². The number of carbonyl (C=O) groups is 2. The molecule has 0 aliphatic carbocycles. The van der Waals surface area contributed by atoms with Crippen LogP contribution in [0.15, 0.2) is 60.8 Å². The van der Waals surface area contributed by atoms with E-state index in [1.807, 2.05) is 42.5 Å². The molecule has 0 aromatic carbocycles. The number of ether oxygens (including phenoxy) is 2. The summed E-state index contributed by atoms with van der Waals surface area (Å²) < 4.78 is 32.7. The van der Waals surface area contributed by atoms with E-state index in [0.717, 1.165) is 38.0 Å². The van der Waals surface area contributed by atoms with Crippen molar-refractivity contribution in [2.24, 2.45) is 5.92 Å². The molecule has 2 unspecified atom stereocenters. The Balaban J connectivity index is 4.33. The molecule has 4 atom stereocenters. The molecular formula is C50H89O11P. The number of hydrogen-bond acceptors (Lipinski definition) is 10. The highest BCUT2D eigenvalue weighted by Gasteiger charge is 2.27. The number of phosphoric acid groups is 1. The van der Waals surface area contributed by atoms with E-state index in [1.54, 1.807) is 6.08 Å². The van der Waals surface area contributed by atoms with Crippen molar-refractivity contribution in [2.75, 3.05) is 26.4 Å². The van der Waals surface area contributed by atoms with Crippen molar-refractivity contribution >= 4 is 19.8 Å². The molecule has 0 aromatic heterocycles. The van der Waals surface area contributed by atoms with Crippen LogP contribution in [0.25, 0.3) is 0 Å². The van der Waals surface area contributed by atoms with E-state index in [4.69, 9.17) is 19.1 Å². The molecule has 0 saturated heterocycles. The van der Waals surface area contributed by atoms with Crippen LogP contribution >= 0.6 is 7.82 Å². The Labute approximate surface area is 377 Å². The minimum Gasteiger partial charge on any atom is -0.462 e.